The molecule has 0 saturated carbocycles. The predicted molar refractivity (Wildman–Crippen MR) is 84.2 cm³/mol. The fourth-order valence-corrected chi connectivity index (χ4v) is 2.75. The van der Waals surface area contributed by atoms with Gasteiger partial charge in [0, 0.05) is 29.9 Å². The molecule has 0 aliphatic carbocycles. The zero-order valence-electron chi connectivity index (χ0n) is 12.4. The second kappa shape index (κ2) is 6.91. The normalized spacial score (nSPS) is 12.6. The van der Waals surface area contributed by atoms with Crippen LogP contribution in [0.2, 0.25) is 5.02 Å². The smallest absolute Gasteiger partial charge is 0.0669 e. The van der Waals surface area contributed by atoms with Crippen LogP contribution in [0.25, 0.3) is 0 Å². The third-order valence-electron chi connectivity index (χ3n) is 3.48. The van der Waals surface area contributed by atoms with E-state index in [0.717, 1.165) is 30.1 Å². The van der Waals surface area contributed by atoms with Crippen molar-refractivity contribution in [2.45, 2.75) is 32.7 Å². The zero-order valence-corrected chi connectivity index (χ0v) is 13.1. The third kappa shape index (κ3) is 3.41. The summed E-state index contributed by atoms with van der Waals surface area (Å²) in [5, 5.41) is 8.92. The average molecular weight is 292 g/mol. The molecule has 0 aliphatic rings. The first-order chi connectivity index (χ1) is 9.65. The molecule has 0 spiro atoms. The number of rotatable bonds is 6. The average Bonchev–Trinajstić information content (AvgIpc) is 2.82. The van der Waals surface area contributed by atoms with E-state index in [2.05, 4.69) is 36.5 Å². The second-order valence-corrected chi connectivity index (χ2v) is 5.37. The highest BCUT2D eigenvalue weighted by Crippen LogP contribution is 2.25. The number of hydrogen-bond donors (Lipinski definition) is 1. The largest absolute Gasteiger partial charge is 0.310 e. The summed E-state index contributed by atoms with van der Waals surface area (Å²) in [5.41, 5.74) is 3.60. The maximum atomic E-state index is 6.29. The number of likely N-dealkylation sites (N-methyl/N-ethyl adjacent to an activating group) is 1. The molecule has 0 fully saturated rings. The van der Waals surface area contributed by atoms with Gasteiger partial charge in [-0.1, -0.05) is 43.6 Å². The van der Waals surface area contributed by atoms with E-state index in [1.807, 2.05) is 29.9 Å². The minimum atomic E-state index is 0.253. The summed E-state index contributed by atoms with van der Waals surface area (Å²) < 4.78 is 1.89. The number of nitrogens with one attached hydrogen (secondary N) is 1. The maximum absolute atomic E-state index is 6.29. The van der Waals surface area contributed by atoms with Crippen molar-refractivity contribution in [3.8, 4) is 0 Å². The van der Waals surface area contributed by atoms with E-state index in [4.69, 9.17) is 11.6 Å². The van der Waals surface area contributed by atoms with Gasteiger partial charge >= 0.3 is 0 Å². The SMILES string of the molecule is CCNC(Cc1ccccc1Cl)c1cn(C)nc1CC. The highest BCUT2D eigenvalue weighted by molar-refractivity contribution is 6.31. The maximum Gasteiger partial charge on any atom is 0.0669 e. The Kier molecular flexibility index (Phi) is 5.21. The van der Waals surface area contributed by atoms with Crippen molar-refractivity contribution in [3.63, 3.8) is 0 Å². The fourth-order valence-electron chi connectivity index (χ4n) is 2.54. The van der Waals surface area contributed by atoms with Gasteiger partial charge in [0.25, 0.3) is 0 Å². The van der Waals surface area contributed by atoms with Crippen LogP contribution in [0, 0.1) is 0 Å². The molecule has 1 aromatic carbocycles. The summed E-state index contributed by atoms with van der Waals surface area (Å²) in [5.74, 6) is 0. The van der Waals surface area contributed by atoms with E-state index in [9.17, 15) is 0 Å². The molecule has 1 heterocycles. The molecule has 0 amide bonds. The molecular formula is C16H22ClN3. The molecule has 0 radical (unpaired) electrons. The van der Waals surface area contributed by atoms with Gasteiger partial charge in [-0.3, -0.25) is 4.68 Å². The van der Waals surface area contributed by atoms with Crippen LogP contribution in [0.5, 0.6) is 0 Å². The molecule has 1 unspecified atom stereocenters. The summed E-state index contributed by atoms with van der Waals surface area (Å²) >= 11 is 6.29. The van der Waals surface area contributed by atoms with E-state index >= 15 is 0 Å². The minimum absolute atomic E-state index is 0.253. The van der Waals surface area contributed by atoms with Gasteiger partial charge in [-0.2, -0.15) is 5.10 Å². The van der Waals surface area contributed by atoms with Crippen LogP contribution in [-0.4, -0.2) is 16.3 Å². The lowest BCUT2D eigenvalue weighted by Gasteiger charge is -2.18. The molecule has 2 rings (SSSR count). The Morgan fingerprint density at radius 1 is 1.30 bits per heavy atom. The van der Waals surface area contributed by atoms with Crippen molar-refractivity contribution in [1.82, 2.24) is 15.1 Å². The van der Waals surface area contributed by atoms with E-state index in [-0.39, 0.29) is 6.04 Å². The van der Waals surface area contributed by atoms with Crippen LogP contribution in [0.4, 0.5) is 0 Å². The molecule has 3 nitrogen and oxygen atoms in total. The van der Waals surface area contributed by atoms with Crippen molar-refractivity contribution in [1.29, 1.82) is 0 Å². The molecule has 1 N–H and O–H groups in total. The Bertz CT molecular complexity index is 563. The van der Waals surface area contributed by atoms with Gasteiger partial charge in [0.2, 0.25) is 0 Å². The van der Waals surface area contributed by atoms with Crippen LogP contribution < -0.4 is 5.32 Å². The summed E-state index contributed by atoms with van der Waals surface area (Å²) in [4.78, 5) is 0. The summed E-state index contributed by atoms with van der Waals surface area (Å²) in [6.45, 7) is 5.19. The van der Waals surface area contributed by atoms with E-state index in [1.54, 1.807) is 0 Å². The van der Waals surface area contributed by atoms with Gasteiger partial charge in [0.15, 0.2) is 0 Å². The van der Waals surface area contributed by atoms with E-state index in [1.165, 1.54) is 11.1 Å². The number of hydrogen-bond acceptors (Lipinski definition) is 2. The Labute approximate surface area is 126 Å². The topological polar surface area (TPSA) is 29.9 Å². The van der Waals surface area contributed by atoms with Crippen molar-refractivity contribution < 1.29 is 0 Å². The van der Waals surface area contributed by atoms with Crippen LogP contribution >= 0.6 is 11.6 Å². The summed E-state index contributed by atoms with van der Waals surface area (Å²) in [6, 6.07) is 8.30. The van der Waals surface area contributed by atoms with Gasteiger partial charge in [-0.15, -0.1) is 0 Å². The molecular weight excluding hydrogens is 270 g/mol. The lowest BCUT2D eigenvalue weighted by molar-refractivity contribution is 0.545. The first kappa shape index (κ1) is 15.1. The van der Waals surface area contributed by atoms with Gasteiger partial charge in [0.1, 0.15) is 0 Å². The first-order valence-corrected chi connectivity index (χ1v) is 7.52. The van der Waals surface area contributed by atoms with Crippen molar-refractivity contribution in [2.75, 3.05) is 6.54 Å². The Balaban J connectivity index is 2.29. The molecule has 1 aromatic heterocycles. The molecule has 0 bridgehead atoms. The molecule has 20 heavy (non-hydrogen) atoms. The van der Waals surface area contributed by atoms with Gasteiger partial charge < -0.3 is 5.32 Å². The number of halogens is 1. The monoisotopic (exact) mass is 291 g/mol. The zero-order chi connectivity index (χ0) is 14.5. The second-order valence-electron chi connectivity index (χ2n) is 4.96. The van der Waals surface area contributed by atoms with Gasteiger partial charge in [-0.05, 0) is 31.0 Å². The number of nitrogens with zero attached hydrogens (tertiary/aromatic N) is 2. The minimum Gasteiger partial charge on any atom is -0.310 e. The third-order valence-corrected chi connectivity index (χ3v) is 3.85. The number of aromatic nitrogens is 2. The lowest BCUT2D eigenvalue weighted by Crippen LogP contribution is -2.23. The Hall–Kier alpha value is -1.32. The van der Waals surface area contributed by atoms with Crippen LogP contribution in [0.15, 0.2) is 30.5 Å². The van der Waals surface area contributed by atoms with Crippen molar-refractivity contribution >= 4 is 11.6 Å². The highest BCUT2D eigenvalue weighted by atomic mass is 35.5. The summed E-state index contributed by atoms with van der Waals surface area (Å²) in [6.07, 6.45) is 3.94. The van der Waals surface area contributed by atoms with Crippen molar-refractivity contribution in [3.05, 3.63) is 52.3 Å². The van der Waals surface area contributed by atoms with Crippen LogP contribution in [0.1, 0.15) is 36.7 Å². The molecule has 0 aliphatic heterocycles. The Morgan fingerprint density at radius 3 is 2.70 bits per heavy atom. The predicted octanol–water partition coefficient (Wildman–Crippen LogP) is 3.53. The van der Waals surface area contributed by atoms with Gasteiger partial charge in [-0.25, -0.2) is 0 Å². The molecule has 1 atom stereocenters. The first-order valence-electron chi connectivity index (χ1n) is 7.14. The Morgan fingerprint density at radius 2 is 2.05 bits per heavy atom. The fraction of sp³-hybridized carbons (Fsp3) is 0.438. The number of benzene rings is 1. The molecule has 4 heteroatoms. The standard InChI is InChI=1S/C16H22ClN3/c1-4-15-13(11-20(3)19-15)16(18-5-2)10-12-8-6-7-9-14(12)17/h6-9,11,16,18H,4-5,10H2,1-3H3. The summed E-state index contributed by atoms with van der Waals surface area (Å²) in [7, 11) is 1.97. The highest BCUT2D eigenvalue weighted by Gasteiger charge is 2.18. The molecule has 108 valence electrons. The van der Waals surface area contributed by atoms with Crippen LogP contribution in [0.3, 0.4) is 0 Å². The van der Waals surface area contributed by atoms with Crippen LogP contribution in [-0.2, 0) is 19.9 Å². The number of aryl methyl sites for hydroxylation is 2. The van der Waals surface area contributed by atoms with Crippen molar-refractivity contribution in [2.24, 2.45) is 7.05 Å². The van der Waals surface area contributed by atoms with E-state index in [0.29, 0.717) is 0 Å². The quantitative estimate of drug-likeness (QED) is 0.882. The molecule has 2 aromatic rings. The lowest BCUT2D eigenvalue weighted by atomic mass is 9.98. The van der Waals surface area contributed by atoms with Gasteiger partial charge in [0.05, 0.1) is 5.69 Å². The molecule has 0 saturated heterocycles. The van der Waals surface area contributed by atoms with E-state index < -0.39 is 0 Å².